The minimum absolute atomic E-state index is 0.127. The molecule has 4 heteroatoms. The molecule has 2 rings (SSSR count). The number of phenols is 1. The fourth-order valence-corrected chi connectivity index (χ4v) is 2.84. The Labute approximate surface area is 126 Å². The number of benzene rings is 2. The zero-order valence-corrected chi connectivity index (χ0v) is 13.2. The van der Waals surface area contributed by atoms with Gasteiger partial charge in [0.2, 0.25) is 0 Å². The first-order valence-electron chi connectivity index (χ1n) is 6.27. The van der Waals surface area contributed by atoms with E-state index >= 15 is 0 Å². The smallest absolute Gasteiger partial charge is 0.256 e. The lowest BCUT2D eigenvalue weighted by atomic mass is 10.1. The van der Waals surface area contributed by atoms with Crippen molar-refractivity contribution >= 4 is 27.5 Å². The van der Waals surface area contributed by atoms with Crippen molar-refractivity contribution < 1.29 is 9.90 Å². The second-order valence-corrected chi connectivity index (χ2v) is 5.73. The van der Waals surface area contributed by atoms with Gasteiger partial charge in [-0.15, -0.1) is 0 Å². The van der Waals surface area contributed by atoms with Crippen LogP contribution in [0.15, 0.2) is 34.8 Å². The van der Waals surface area contributed by atoms with Crippen LogP contribution in [-0.2, 0) is 0 Å². The molecule has 0 saturated carbocycles. The van der Waals surface area contributed by atoms with Crippen LogP contribution in [0.1, 0.15) is 27.0 Å². The summed E-state index contributed by atoms with van der Waals surface area (Å²) in [6.07, 6.45) is 0. The highest BCUT2D eigenvalue weighted by molar-refractivity contribution is 9.10. The number of hydrogen-bond donors (Lipinski definition) is 2. The van der Waals surface area contributed by atoms with Crippen molar-refractivity contribution in [3.8, 4) is 5.75 Å². The Kier molecular flexibility index (Phi) is 4.14. The molecule has 1 amide bonds. The molecule has 0 aliphatic carbocycles. The molecule has 0 saturated heterocycles. The van der Waals surface area contributed by atoms with Crippen LogP contribution < -0.4 is 5.32 Å². The molecule has 0 aromatic heterocycles. The molecule has 2 aromatic carbocycles. The topological polar surface area (TPSA) is 49.3 Å². The number of anilines is 1. The van der Waals surface area contributed by atoms with Gasteiger partial charge in [0.1, 0.15) is 5.75 Å². The van der Waals surface area contributed by atoms with E-state index < -0.39 is 0 Å². The number of aromatic hydroxyl groups is 1. The summed E-state index contributed by atoms with van der Waals surface area (Å²) in [5.41, 5.74) is 3.84. The van der Waals surface area contributed by atoms with Gasteiger partial charge in [-0.2, -0.15) is 0 Å². The van der Waals surface area contributed by atoms with Gasteiger partial charge >= 0.3 is 0 Å². The Morgan fingerprint density at radius 1 is 1.15 bits per heavy atom. The number of aryl methyl sites for hydroxylation is 2. The van der Waals surface area contributed by atoms with E-state index in [2.05, 4.69) is 21.2 Å². The van der Waals surface area contributed by atoms with E-state index in [-0.39, 0.29) is 11.7 Å². The predicted molar refractivity (Wildman–Crippen MR) is 84.4 cm³/mol. The molecule has 104 valence electrons. The number of carbonyl (C=O) groups is 1. The van der Waals surface area contributed by atoms with Crippen molar-refractivity contribution in [3.05, 3.63) is 57.1 Å². The number of nitrogens with one attached hydrogen (secondary N) is 1. The van der Waals surface area contributed by atoms with Crippen LogP contribution >= 0.6 is 15.9 Å². The van der Waals surface area contributed by atoms with Crippen LogP contribution in [0, 0.1) is 20.8 Å². The Hall–Kier alpha value is -1.81. The number of halogens is 1. The van der Waals surface area contributed by atoms with Crippen LogP contribution in [-0.4, -0.2) is 11.0 Å². The first-order chi connectivity index (χ1) is 9.40. The lowest BCUT2D eigenvalue weighted by molar-refractivity contribution is 0.102. The average molecular weight is 334 g/mol. The quantitative estimate of drug-likeness (QED) is 0.859. The van der Waals surface area contributed by atoms with E-state index in [1.165, 1.54) is 0 Å². The van der Waals surface area contributed by atoms with Crippen LogP contribution in [0.5, 0.6) is 5.75 Å². The van der Waals surface area contributed by atoms with Gasteiger partial charge in [-0.25, -0.2) is 0 Å². The molecule has 2 N–H and O–H groups in total. The zero-order valence-electron chi connectivity index (χ0n) is 11.6. The number of phenolic OH excluding ortho intramolecular Hbond substituents is 1. The highest BCUT2D eigenvalue weighted by Crippen LogP contribution is 2.27. The second kappa shape index (κ2) is 5.67. The van der Waals surface area contributed by atoms with Gasteiger partial charge in [0.15, 0.2) is 0 Å². The Morgan fingerprint density at radius 3 is 2.35 bits per heavy atom. The van der Waals surface area contributed by atoms with Gasteiger partial charge in [0.25, 0.3) is 5.91 Å². The van der Waals surface area contributed by atoms with Gasteiger partial charge in [-0.05, 0) is 56.2 Å². The van der Waals surface area contributed by atoms with E-state index in [0.29, 0.717) is 11.1 Å². The number of amides is 1. The summed E-state index contributed by atoms with van der Waals surface area (Å²) in [5.74, 6) is -0.0891. The van der Waals surface area contributed by atoms with Gasteiger partial charge < -0.3 is 10.4 Å². The summed E-state index contributed by atoms with van der Waals surface area (Å²) < 4.78 is 0.985. The SMILES string of the molecule is Cc1cc(Br)cc(C)c1NC(=O)c1cccc(O)c1C. The summed E-state index contributed by atoms with van der Waals surface area (Å²) in [5, 5.41) is 12.6. The third-order valence-corrected chi connectivity index (χ3v) is 3.74. The fraction of sp³-hybridized carbons (Fsp3) is 0.188. The van der Waals surface area contributed by atoms with E-state index in [1.54, 1.807) is 25.1 Å². The van der Waals surface area contributed by atoms with E-state index in [4.69, 9.17) is 0 Å². The van der Waals surface area contributed by atoms with Crippen molar-refractivity contribution in [2.75, 3.05) is 5.32 Å². The third-order valence-electron chi connectivity index (χ3n) is 3.29. The molecule has 0 fully saturated rings. The number of hydrogen-bond acceptors (Lipinski definition) is 2. The summed E-state index contributed by atoms with van der Waals surface area (Å²) in [7, 11) is 0. The summed E-state index contributed by atoms with van der Waals surface area (Å²) in [4.78, 5) is 12.3. The van der Waals surface area contributed by atoms with Crippen molar-refractivity contribution in [1.82, 2.24) is 0 Å². The maximum Gasteiger partial charge on any atom is 0.256 e. The van der Waals surface area contributed by atoms with Gasteiger partial charge in [-0.1, -0.05) is 22.0 Å². The molecule has 0 aliphatic rings. The highest BCUT2D eigenvalue weighted by atomic mass is 79.9. The largest absolute Gasteiger partial charge is 0.508 e. The van der Waals surface area contributed by atoms with Gasteiger partial charge in [0, 0.05) is 21.3 Å². The molecule has 0 unspecified atom stereocenters. The third kappa shape index (κ3) is 2.85. The second-order valence-electron chi connectivity index (χ2n) is 4.82. The Bertz CT molecular complexity index is 657. The maximum atomic E-state index is 12.3. The Morgan fingerprint density at radius 2 is 1.75 bits per heavy atom. The predicted octanol–water partition coefficient (Wildman–Crippen LogP) is 4.33. The fourth-order valence-electron chi connectivity index (χ4n) is 2.16. The number of rotatable bonds is 2. The maximum absolute atomic E-state index is 12.3. The summed E-state index contributed by atoms with van der Waals surface area (Å²) in [6.45, 7) is 5.62. The first kappa shape index (κ1) is 14.6. The number of carbonyl (C=O) groups excluding carboxylic acids is 1. The average Bonchev–Trinajstić information content (AvgIpc) is 2.36. The zero-order chi connectivity index (χ0) is 14.9. The molecule has 0 spiro atoms. The normalized spacial score (nSPS) is 10.4. The molecule has 0 atom stereocenters. The molecule has 3 nitrogen and oxygen atoms in total. The van der Waals surface area contributed by atoms with Gasteiger partial charge in [0.05, 0.1) is 0 Å². The molecule has 0 aliphatic heterocycles. The molecule has 20 heavy (non-hydrogen) atoms. The van der Waals surface area contributed by atoms with Crippen molar-refractivity contribution in [3.63, 3.8) is 0 Å². The van der Waals surface area contributed by atoms with Crippen LogP contribution in [0.3, 0.4) is 0 Å². The molecule has 0 radical (unpaired) electrons. The Balaban J connectivity index is 2.36. The monoisotopic (exact) mass is 333 g/mol. The lowest BCUT2D eigenvalue weighted by Crippen LogP contribution is -2.15. The van der Waals surface area contributed by atoms with Crippen molar-refractivity contribution in [1.29, 1.82) is 0 Å². The lowest BCUT2D eigenvalue weighted by Gasteiger charge is -2.13. The van der Waals surface area contributed by atoms with Crippen molar-refractivity contribution in [2.45, 2.75) is 20.8 Å². The minimum Gasteiger partial charge on any atom is -0.508 e. The molecule has 2 aromatic rings. The summed E-state index contributed by atoms with van der Waals surface area (Å²) in [6, 6.07) is 8.85. The van der Waals surface area contributed by atoms with Crippen LogP contribution in [0.4, 0.5) is 5.69 Å². The van der Waals surface area contributed by atoms with Crippen LogP contribution in [0.2, 0.25) is 0 Å². The minimum atomic E-state index is -0.216. The molecule has 0 heterocycles. The first-order valence-corrected chi connectivity index (χ1v) is 7.06. The summed E-state index contributed by atoms with van der Waals surface area (Å²) >= 11 is 3.43. The molecular weight excluding hydrogens is 318 g/mol. The van der Waals surface area contributed by atoms with Crippen LogP contribution in [0.25, 0.3) is 0 Å². The molecular formula is C16H16BrNO2. The van der Waals surface area contributed by atoms with E-state index in [0.717, 1.165) is 21.3 Å². The van der Waals surface area contributed by atoms with Crippen molar-refractivity contribution in [2.24, 2.45) is 0 Å². The van der Waals surface area contributed by atoms with E-state index in [1.807, 2.05) is 26.0 Å². The molecule has 0 bridgehead atoms. The van der Waals surface area contributed by atoms with Gasteiger partial charge in [-0.3, -0.25) is 4.79 Å². The standard InChI is InChI=1S/C16H16BrNO2/c1-9-7-12(17)8-10(2)15(9)18-16(20)13-5-4-6-14(19)11(13)3/h4-8,19H,1-3H3,(H,18,20). The highest BCUT2D eigenvalue weighted by Gasteiger charge is 2.14. The van der Waals surface area contributed by atoms with E-state index in [9.17, 15) is 9.90 Å².